The molecule has 1 heterocycles. The molecular formula is C19H21F3O4. The van der Waals surface area contributed by atoms with Gasteiger partial charge in [0, 0.05) is 18.3 Å². The average Bonchev–Trinajstić information content (AvgIpc) is 3.18. The van der Waals surface area contributed by atoms with Gasteiger partial charge in [0.25, 0.3) is 0 Å². The first-order valence-corrected chi connectivity index (χ1v) is 8.80. The molecule has 1 aromatic carbocycles. The lowest BCUT2D eigenvalue weighted by Crippen LogP contribution is -2.53. The molecule has 2 N–H and O–H groups in total. The van der Waals surface area contributed by atoms with Gasteiger partial charge in [-0.3, -0.25) is 0 Å². The van der Waals surface area contributed by atoms with Gasteiger partial charge < -0.3 is 19.7 Å². The van der Waals surface area contributed by atoms with E-state index in [9.17, 15) is 23.4 Å². The predicted molar refractivity (Wildman–Crippen MR) is 85.9 cm³/mol. The Kier molecular flexibility index (Phi) is 4.38. The van der Waals surface area contributed by atoms with Crippen molar-refractivity contribution >= 4 is 0 Å². The lowest BCUT2D eigenvalue weighted by atomic mass is 9.67. The van der Waals surface area contributed by atoms with Gasteiger partial charge in [-0.2, -0.15) is 13.2 Å². The molecule has 4 nitrogen and oxygen atoms in total. The Hall–Kier alpha value is -1.41. The second-order valence-corrected chi connectivity index (χ2v) is 7.32. The van der Waals surface area contributed by atoms with Crippen molar-refractivity contribution in [2.75, 3.05) is 13.2 Å². The van der Waals surface area contributed by atoms with Gasteiger partial charge in [0.15, 0.2) is 5.79 Å². The van der Waals surface area contributed by atoms with Crippen molar-refractivity contribution in [1.29, 1.82) is 0 Å². The summed E-state index contributed by atoms with van der Waals surface area (Å²) in [6.45, 7) is 1.13. The zero-order valence-electron chi connectivity index (χ0n) is 14.0. The SMILES string of the molecule is OC(C=CC1C(O)C[C@H]2[C@H]1CC21OCCO1)c1cccc(C(F)(F)F)c1. The van der Waals surface area contributed by atoms with Crippen LogP contribution >= 0.6 is 0 Å². The molecule has 1 aromatic rings. The van der Waals surface area contributed by atoms with E-state index < -0.39 is 29.7 Å². The van der Waals surface area contributed by atoms with Gasteiger partial charge >= 0.3 is 6.18 Å². The summed E-state index contributed by atoms with van der Waals surface area (Å²) in [5.41, 5.74) is -0.618. The summed E-state index contributed by atoms with van der Waals surface area (Å²) in [5, 5.41) is 20.6. The molecule has 26 heavy (non-hydrogen) atoms. The van der Waals surface area contributed by atoms with E-state index in [-0.39, 0.29) is 23.3 Å². The first-order valence-electron chi connectivity index (χ1n) is 8.80. The number of alkyl halides is 3. The maximum Gasteiger partial charge on any atom is 0.416 e. The van der Waals surface area contributed by atoms with E-state index in [0.29, 0.717) is 26.1 Å². The summed E-state index contributed by atoms with van der Waals surface area (Å²) in [6.07, 6.45) is -1.72. The molecule has 1 saturated heterocycles. The van der Waals surface area contributed by atoms with Crippen LogP contribution in [-0.4, -0.2) is 35.3 Å². The van der Waals surface area contributed by atoms with E-state index in [1.165, 1.54) is 18.2 Å². The Morgan fingerprint density at radius 1 is 1.23 bits per heavy atom. The molecule has 3 fully saturated rings. The van der Waals surface area contributed by atoms with Crippen molar-refractivity contribution in [2.45, 2.75) is 37.0 Å². The molecule has 3 unspecified atom stereocenters. The van der Waals surface area contributed by atoms with E-state index in [4.69, 9.17) is 9.47 Å². The van der Waals surface area contributed by atoms with Crippen molar-refractivity contribution in [2.24, 2.45) is 17.8 Å². The molecule has 0 bridgehead atoms. The van der Waals surface area contributed by atoms with Gasteiger partial charge in [-0.1, -0.05) is 24.3 Å². The molecule has 0 aromatic heterocycles. The molecule has 3 aliphatic rings. The summed E-state index contributed by atoms with van der Waals surface area (Å²) in [6, 6.07) is 4.65. The topological polar surface area (TPSA) is 58.9 Å². The van der Waals surface area contributed by atoms with Crippen LogP contribution in [0.3, 0.4) is 0 Å². The van der Waals surface area contributed by atoms with Crippen molar-refractivity contribution < 1.29 is 32.9 Å². The van der Waals surface area contributed by atoms with Crippen LogP contribution < -0.4 is 0 Å². The fourth-order valence-corrected chi connectivity index (χ4v) is 4.57. The molecule has 5 atom stereocenters. The number of hydrogen-bond acceptors (Lipinski definition) is 4. The fraction of sp³-hybridized carbons (Fsp3) is 0.579. The third-order valence-electron chi connectivity index (χ3n) is 5.88. The Labute approximate surface area is 149 Å². The van der Waals surface area contributed by atoms with Crippen LogP contribution in [0.15, 0.2) is 36.4 Å². The quantitative estimate of drug-likeness (QED) is 0.803. The third-order valence-corrected chi connectivity index (χ3v) is 5.88. The zero-order chi connectivity index (χ0) is 18.5. The standard InChI is InChI=1S/C19H21F3O4/c20-19(21,22)12-3-1-2-11(8-12)16(23)5-4-13-14-10-18(25-6-7-26-18)15(14)9-17(13)24/h1-5,8,13-17,23-24H,6-7,9-10H2/t13?,14-,15-,16?,17?/m0/s1. The minimum atomic E-state index is -4.45. The Balaban J connectivity index is 1.45. The van der Waals surface area contributed by atoms with E-state index in [1.54, 1.807) is 6.08 Å². The molecule has 1 aliphatic heterocycles. The first-order chi connectivity index (χ1) is 12.3. The molecule has 2 aliphatic carbocycles. The Morgan fingerprint density at radius 3 is 2.65 bits per heavy atom. The number of aliphatic hydroxyl groups excluding tert-OH is 2. The lowest BCUT2D eigenvalue weighted by Gasteiger charge is -2.49. The van der Waals surface area contributed by atoms with Crippen LogP contribution in [0.1, 0.15) is 30.1 Å². The lowest BCUT2D eigenvalue weighted by molar-refractivity contribution is -0.270. The Morgan fingerprint density at radius 2 is 1.96 bits per heavy atom. The highest BCUT2D eigenvalue weighted by Gasteiger charge is 2.64. The van der Waals surface area contributed by atoms with Crippen molar-refractivity contribution in [3.8, 4) is 0 Å². The van der Waals surface area contributed by atoms with Crippen molar-refractivity contribution in [1.82, 2.24) is 0 Å². The average molecular weight is 370 g/mol. The maximum atomic E-state index is 12.8. The molecule has 2 saturated carbocycles. The van der Waals surface area contributed by atoms with Gasteiger partial charge in [0.2, 0.25) is 0 Å². The smallest absolute Gasteiger partial charge is 0.392 e. The number of ether oxygens (including phenoxy) is 2. The van der Waals surface area contributed by atoms with E-state index in [2.05, 4.69) is 0 Å². The van der Waals surface area contributed by atoms with Gasteiger partial charge in [-0.25, -0.2) is 0 Å². The van der Waals surface area contributed by atoms with Gasteiger partial charge in [0.05, 0.1) is 31.0 Å². The molecular weight excluding hydrogens is 349 g/mol. The summed E-state index contributed by atoms with van der Waals surface area (Å²) < 4.78 is 49.8. The van der Waals surface area contributed by atoms with Crippen LogP contribution in [0, 0.1) is 17.8 Å². The van der Waals surface area contributed by atoms with Gasteiger partial charge in [-0.15, -0.1) is 0 Å². The second kappa shape index (κ2) is 6.34. The Bertz CT molecular complexity index is 696. The number of aliphatic hydroxyl groups is 2. The van der Waals surface area contributed by atoms with Crippen LogP contribution in [0.2, 0.25) is 0 Å². The largest absolute Gasteiger partial charge is 0.416 e. The molecule has 7 heteroatoms. The number of rotatable bonds is 3. The van der Waals surface area contributed by atoms with Crippen molar-refractivity contribution in [3.63, 3.8) is 0 Å². The predicted octanol–water partition coefficient (Wildman–Crippen LogP) is 3.06. The minimum Gasteiger partial charge on any atom is -0.392 e. The highest BCUT2D eigenvalue weighted by Crippen LogP contribution is 2.60. The first kappa shape index (κ1) is 18.0. The normalized spacial score (nSPS) is 34.2. The monoisotopic (exact) mass is 370 g/mol. The molecule has 4 rings (SSSR count). The fourth-order valence-electron chi connectivity index (χ4n) is 4.57. The van der Waals surface area contributed by atoms with Gasteiger partial charge in [0.1, 0.15) is 0 Å². The van der Waals surface area contributed by atoms with Crippen LogP contribution in [0.5, 0.6) is 0 Å². The molecule has 1 spiro atoms. The number of fused-ring (bicyclic) bond motifs is 2. The molecule has 0 amide bonds. The highest BCUT2D eigenvalue weighted by molar-refractivity contribution is 5.29. The number of halogens is 3. The second-order valence-electron chi connectivity index (χ2n) is 7.32. The van der Waals surface area contributed by atoms with Crippen LogP contribution in [0.25, 0.3) is 0 Å². The van der Waals surface area contributed by atoms with Crippen LogP contribution in [0.4, 0.5) is 13.2 Å². The third kappa shape index (κ3) is 2.97. The maximum absolute atomic E-state index is 12.8. The van der Waals surface area contributed by atoms with Crippen molar-refractivity contribution in [3.05, 3.63) is 47.5 Å². The molecule has 0 radical (unpaired) electrons. The number of benzene rings is 1. The zero-order valence-corrected chi connectivity index (χ0v) is 14.0. The summed E-state index contributed by atoms with van der Waals surface area (Å²) in [7, 11) is 0. The van der Waals surface area contributed by atoms with E-state index in [0.717, 1.165) is 12.1 Å². The van der Waals surface area contributed by atoms with Gasteiger partial charge in [-0.05, 0) is 30.0 Å². The summed E-state index contributed by atoms with van der Waals surface area (Å²) >= 11 is 0. The summed E-state index contributed by atoms with van der Waals surface area (Å²) in [5.74, 6) is -0.388. The van der Waals surface area contributed by atoms with E-state index in [1.807, 2.05) is 0 Å². The van der Waals surface area contributed by atoms with Crippen LogP contribution in [-0.2, 0) is 15.7 Å². The minimum absolute atomic E-state index is 0.125. The highest BCUT2D eigenvalue weighted by atomic mass is 19.4. The number of hydrogen-bond donors (Lipinski definition) is 2. The summed E-state index contributed by atoms with van der Waals surface area (Å²) in [4.78, 5) is 0. The van der Waals surface area contributed by atoms with E-state index >= 15 is 0 Å². The molecule has 142 valence electrons.